The molecule has 1 aromatic carbocycles. The Labute approximate surface area is 140 Å². The largest absolute Gasteiger partial charge is 0.497 e. The molecule has 0 radical (unpaired) electrons. The van der Waals surface area contributed by atoms with Crippen molar-refractivity contribution in [3.05, 3.63) is 24.3 Å². The number of anilines is 1. The summed E-state index contributed by atoms with van der Waals surface area (Å²) < 4.78 is 10.7. The first-order valence-electron chi connectivity index (χ1n) is 7.13. The second-order valence-corrected chi connectivity index (χ2v) is 7.79. The van der Waals surface area contributed by atoms with E-state index >= 15 is 0 Å². The van der Waals surface area contributed by atoms with Gasteiger partial charge in [0.15, 0.2) is 9.80 Å². The monoisotopic (exact) mass is 341 g/mol. The van der Waals surface area contributed by atoms with Crippen molar-refractivity contribution in [3.63, 3.8) is 0 Å². The molecular weight excluding hydrogens is 318 g/mol. The van der Waals surface area contributed by atoms with E-state index in [-0.39, 0.29) is 12.0 Å². The molecule has 0 bridgehead atoms. The van der Waals surface area contributed by atoms with Crippen molar-refractivity contribution in [1.29, 1.82) is 0 Å². The lowest BCUT2D eigenvalue weighted by Gasteiger charge is -2.61. The smallest absolute Gasteiger partial charge is 0.265 e. The lowest BCUT2D eigenvalue weighted by molar-refractivity contribution is -0.164. The van der Waals surface area contributed by atoms with E-state index in [9.17, 15) is 4.79 Å². The zero-order valence-corrected chi connectivity index (χ0v) is 15.5. The van der Waals surface area contributed by atoms with Crippen molar-refractivity contribution in [3.8, 4) is 5.75 Å². The van der Waals surface area contributed by atoms with E-state index in [2.05, 4.69) is 0 Å². The molecule has 4 nitrogen and oxygen atoms in total. The van der Waals surface area contributed by atoms with Crippen LogP contribution in [-0.2, 0) is 9.53 Å². The standard InChI is InChI=1S/C16H23NO3S2/c1-11(2)20-15(3)14(18)17(16(15,21-5)22-6)12-7-9-13(19-4)10-8-12/h7-11H,1-6H3. The Hall–Kier alpha value is -0.850. The van der Waals surface area contributed by atoms with Gasteiger partial charge in [-0.1, -0.05) is 0 Å². The molecule has 122 valence electrons. The Balaban J connectivity index is 2.41. The van der Waals surface area contributed by atoms with Gasteiger partial charge in [-0.05, 0) is 57.5 Å². The lowest BCUT2D eigenvalue weighted by Crippen LogP contribution is -2.80. The van der Waals surface area contributed by atoms with Crippen LogP contribution in [0.3, 0.4) is 0 Å². The fourth-order valence-corrected chi connectivity index (χ4v) is 5.37. The highest BCUT2D eigenvalue weighted by molar-refractivity contribution is 8.18. The lowest BCUT2D eigenvalue weighted by atomic mass is 9.92. The van der Waals surface area contributed by atoms with E-state index in [0.29, 0.717) is 0 Å². The summed E-state index contributed by atoms with van der Waals surface area (Å²) in [5.74, 6) is 0.770. The zero-order valence-electron chi connectivity index (χ0n) is 13.9. The van der Waals surface area contributed by atoms with E-state index < -0.39 is 9.80 Å². The first-order chi connectivity index (χ1) is 10.4. The molecule has 1 heterocycles. The number of ether oxygens (including phenoxy) is 2. The minimum absolute atomic E-state index is 0.00457. The van der Waals surface area contributed by atoms with Gasteiger partial charge in [-0.15, -0.1) is 23.5 Å². The van der Waals surface area contributed by atoms with Crippen LogP contribution in [0.25, 0.3) is 0 Å². The second kappa shape index (κ2) is 6.34. The van der Waals surface area contributed by atoms with Crippen LogP contribution in [0.2, 0.25) is 0 Å². The molecule has 6 heteroatoms. The summed E-state index contributed by atoms with van der Waals surface area (Å²) in [7, 11) is 1.63. The molecule has 0 aliphatic carbocycles. The third-order valence-corrected chi connectivity index (χ3v) is 7.11. The van der Waals surface area contributed by atoms with Crippen molar-refractivity contribution in [1.82, 2.24) is 0 Å². The molecule has 0 spiro atoms. The van der Waals surface area contributed by atoms with Gasteiger partial charge in [0.25, 0.3) is 5.91 Å². The van der Waals surface area contributed by atoms with Crippen LogP contribution in [0.15, 0.2) is 24.3 Å². The molecular formula is C16H23NO3S2. The third kappa shape index (κ3) is 2.41. The highest BCUT2D eigenvalue weighted by atomic mass is 32.2. The summed E-state index contributed by atoms with van der Waals surface area (Å²) in [5, 5.41) is 0. The van der Waals surface area contributed by atoms with E-state index in [0.717, 1.165) is 11.4 Å². The summed E-state index contributed by atoms with van der Waals surface area (Å²) in [4.78, 5) is 14.7. The van der Waals surface area contributed by atoms with Gasteiger partial charge in [0.1, 0.15) is 5.75 Å². The van der Waals surface area contributed by atoms with Crippen LogP contribution in [0.4, 0.5) is 5.69 Å². The van der Waals surface area contributed by atoms with Crippen molar-refractivity contribution in [2.45, 2.75) is 36.7 Å². The van der Waals surface area contributed by atoms with Gasteiger partial charge in [0, 0.05) is 5.69 Å². The molecule has 1 aromatic rings. The Kier molecular flexibility index (Phi) is 5.04. The topological polar surface area (TPSA) is 38.8 Å². The summed E-state index contributed by atoms with van der Waals surface area (Å²) >= 11 is 3.27. The first kappa shape index (κ1) is 17.5. The van der Waals surface area contributed by atoms with Gasteiger partial charge in [0.05, 0.1) is 13.2 Å². The predicted octanol–water partition coefficient (Wildman–Crippen LogP) is 3.61. The maximum Gasteiger partial charge on any atom is 0.265 e. The minimum atomic E-state index is -0.833. The molecule has 1 fully saturated rings. The van der Waals surface area contributed by atoms with E-state index in [1.807, 2.05) is 62.4 Å². The molecule has 2 rings (SSSR count). The van der Waals surface area contributed by atoms with Gasteiger partial charge >= 0.3 is 0 Å². The van der Waals surface area contributed by atoms with Crippen LogP contribution >= 0.6 is 23.5 Å². The van der Waals surface area contributed by atoms with Crippen molar-refractivity contribution >= 4 is 35.1 Å². The normalized spacial score (nSPS) is 23.6. The molecule has 1 unspecified atom stereocenters. The zero-order chi connectivity index (χ0) is 16.5. The van der Waals surface area contributed by atoms with Crippen molar-refractivity contribution in [2.24, 2.45) is 0 Å². The number of β-lactam (4-membered cyclic amide) rings is 1. The van der Waals surface area contributed by atoms with Gasteiger partial charge in [-0.3, -0.25) is 9.69 Å². The maximum absolute atomic E-state index is 12.9. The highest BCUT2D eigenvalue weighted by Crippen LogP contribution is 2.58. The predicted molar refractivity (Wildman–Crippen MR) is 94.9 cm³/mol. The molecule has 1 aliphatic heterocycles. The van der Waals surface area contributed by atoms with E-state index in [1.165, 1.54) is 0 Å². The Morgan fingerprint density at radius 2 is 1.68 bits per heavy atom. The number of hydrogen-bond donors (Lipinski definition) is 0. The number of hydrogen-bond acceptors (Lipinski definition) is 5. The molecule has 0 aromatic heterocycles. The molecule has 0 N–H and O–H groups in total. The first-order valence-corrected chi connectivity index (χ1v) is 9.58. The Bertz CT molecular complexity index is 543. The summed E-state index contributed by atoms with van der Waals surface area (Å²) in [6, 6.07) is 7.56. The quantitative estimate of drug-likeness (QED) is 0.584. The third-order valence-electron chi connectivity index (χ3n) is 3.86. The van der Waals surface area contributed by atoms with Gasteiger partial charge in [0.2, 0.25) is 0 Å². The second-order valence-electron chi connectivity index (χ2n) is 5.53. The Morgan fingerprint density at radius 3 is 2.09 bits per heavy atom. The number of nitrogens with zero attached hydrogens (tertiary/aromatic N) is 1. The summed E-state index contributed by atoms with van der Waals surface area (Å²) in [6.07, 6.45) is 4.02. The molecule has 1 amide bonds. The fourth-order valence-electron chi connectivity index (χ4n) is 2.91. The van der Waals surface area contributed by atoms with Crippen LogP contribution in [0, 0.1) is 0 Å². The maximum atomic E-state index is 12.9. The van der Waals surface area contributed by atoms with E-state index in [1.54, 1.807) is 30.6 Å². The van der Waals surface area contributed by atoms with E-state index in [4.69, 9.17) is 9.47 Å². The number of carbonyl (C=O) groups is 1. The van der Waals surface area contributed by atoms with Gasteiger partial charge < -0.3 is 9.47 Å². The molecule has 1 saturated heterocycles. The molecule has 1 aliphatic rings. The molecule has 0 saturated carbocycles. The average Bonchev–Trinajstić information content (AvgIpc) is 2.51. The minimum Gasteiger partial charge on any atom is -0.497 e. The average molecular weight is 341 g/mol. The summed E-state index contributed by atoms with van der Waals surface area (Å²) in [6.45, 7) is 5.81. The summed E-state index contributed by atoms with van der Waals surface area (Å²) in [5.41, 5.74) is 0.0271. The number of benzene rings is 1. The number of amides is 1. The number of rotatable bonds is 6. The highest BCUT2D eigenvalue weighted by Gasteiger charge is 2.70. The number of thioether (sulfide) groups is 2. The number of methoxy groups -OCH3 is 1. The fraction of sp³-hybridized carbons (Fsp3) is 0.562. The van der Waals surface area contributed by atoms with Gasteiger partial charge in [-0.25, -0.2) is 0 Å². The molecule has 1 atom stereocenters. The SMILES string of the molecule is COc1ccc(N2C(=O)C(C)(OC(C)C)C2(SC)SC)cc1. The molecule has 22 heavy (non-hydrogen) atoms. The van der Waals surface area contributed by atoms with Crippen LogP contribution in [0.5, 0.6) is 5.75 Å². The Morgan fingerprint density at radius 1 is 1.14 bits per heavy atom. The van der Waals surface area contributed by atoms with Crippen molar-refractivity contribution < 1.29 is 14.3 Å². The number of carbonyl (C=O) groups excluding carboxylic acids is 1. The van der Waals surface area contributed by atoms with Gasteiger partial charge in [-0.2, -0.15) is 0 Å². The van der Waals surface area contributed by atoms with Crippen molar-refractivity contribution in [2.75, 3.05) is 24.5 Å². The van der Waals surface area contributed by atoms with Crippen LogP contribution < -0.4 is 9.64 Å². The van der Waals surface area contributed by atoms with Crippen LogP contribution in [0.1, 0.15) is 20.8 Å². The van der Waals surface area contributed by atoms with Crippen LogP contribution in [-0.4, -0.2) is 41.4 Å².